The van der Waals surface area contributed by atoms with Gasteiger partial charge in [0, 0.05) is 24.5 Å². The van der Waals surface area contributed by atoms with E-state index in [0.29, 0.717) is 24.5 Å². The van der Waals surface area contributed by atoms with Crippen LogP contribution in [0.2, 0.25) is 5.02 Å². The lowest BCUT2D eigenvalue weighted by Crippen LogP contribution is -2.28. The molecule has 2 rings (SSSR count). The maximum atomic E-state index is 11.8. The minimum atomic E-state index is 0.0344. The van der Waals surface area contributed by atoms with Gasteiger partial charge in [0.1, 0.15) is 0 Å². The molecule has 0 heterocycles. The van der Waals surface area contributed by atoms with Crippen molar-refractivity contribution < 1.29 is 4.79 Å². The van der Waals surface area contributed by atoms with E-state index in [2.05, 4.69) is 22.8 Å². The molecule has 2 aromatic carbocycles. The number of benzene rings is 2. The van der Waals surface area contributed by atoms with Crippen molar-refractivity contribution in [3.05, 3.63) is 70.7 Å². The van der Waals surface area contributed by atoms with Crippen LogP contribution < -0.4 is 10.6 Å². The number of rotatable bonds is 8. The third-order valence-corrected chi connectivity index (χ3v) is 3.76. The number of halogens is 1. The van der Waals surface area contributed by atoms with E-state index >= 15 is 0 Å². The summed E-state index contributed by atoms with van der Waals surface area (Å²) in [6.07, 6.45) is 1.45. The number of amides is 1. The van der Waals surface area contributed by atoms with Crippen LogP contribution in [0.25, 0.3) is 0 Å². The zero-order chi connectivity index (χ0) is 15.6. The predicted octanol–water partition coefficient (Wildman–Crippen LogP) is 3.18. The molecule has 0 saturated heterocycles. The molecule has 0 bridgehead atoms. The van der Waals surface area contributed by atoms with Gasteiger partial charge in [-0.2, -0.15) is 0 Å². The molecule has 0 aliphatic rings. The molecule has 0 atom stereocenters. The summed E-state index contributed by atoms with van der Waals surface area (Å²) in [7, 11) is 0. The van der Waals surface area contributed by atoms with Gasteiger partial charge in [0.2, 0.25) is 5.91 Å². The van der Waals surface area contributed by atoms with Crippen molar-refractivity contribution in [1.29, 1.82) is 0 Å². The molecule has 0 unspecified atom stereocenters. The van der Waals surface area contributed by atoms with Crippen LogP contribution in [0.4, 0.5) is 0 Å². The zero-order valence-electron chi connectivity index (χ0n) is 12.5. The van der Waals surface area contributed by atoms with E-state index in [-0.39, 0.29) is 5.91 Å². The largest absolute Gasteiger partial charge is 0.352 e. The van der Waals surface area contributed by atoms with Crippen molar-refractivity contribution in [2.75, 3.05) is 13.1 Å². The SMILES string of the molecule is O=C(CCNCCc1ccccc1)NCc1ccccc1Cl. The molecule has 2 N–H and O–H groups in total. The molecule has 0 aliphatic carbocycles. The number of carbonyl (C=O) groups is 1. The lowest BCUT2D eigenvalue weighted by Gasteiger charge is -2.08. The van der Waals surface area contributed by atoms with Gasteiger partial charge in [0.25, 0.3) is 0 Å². The summed E-state index contributed by atoms with van der Waals surface area (Å²) in [5, 5.41) is 6.86. The minimum absolute atomic E-state index is 0.0344. The maximum Gasteiger partial charge on any atom is 0.221 e. The third-order valence-electron chi connectivity index (χ3n) is 3.40. The molecule has 3 nitrogen and oxygen atoms in total. The Morgan fingerprint density at radius 1 is 0.955 bits per heavy atom. The van der Waals surface area contributed by atoms with Crippen LogP contribution >= 0.6 is 11.6 Å². The van der Waals surface area contributed by atoms with Crippen LogP contribution in [-0.4, -0.2) is 19.0 Å². The Kier molecular flexibility index (Phi) is 6.94. The third kappa shape index (κ3) is 5.88. The Hall–Kier alpha value is -1.84. The summed E-state index contributed by atoms with van der Waals surface area (Å²) < 4.78 is 0. The van der Waals surface area contributed by atoms with Gasteiger partial charge in [-0.15, -0.1) is 0 Å². The van der Waals surface area contributed by atoms with E-state index in [1.807, 2.05) is 42.5 Å². The molecule has 4 heteroatoms. The normalized spacial score (nSPS) is 10.4. The quantitative estimate of drug-likeness (QED) is 0.734. The van der Waals surface area contributed by atoms with E-state index in [1.54, 1.807) is 0 Å². The van der Waals surface area contributed by atoms with Gasteiger partial charge in [-0.25, -0.2) is 0 Å². The number of hydrogen-bond donors (Lipinski definition) is 2. The van der Waals surface area contributed by atoms with Gasteiger partial charge >= 0.3 is 0 Å². The number of carbonyl (C=O) groups excluding carboxylic acids is 1. The van der Waals surface area contributed by atoms with Crippen LogP contribution in [-0.2, 0) is 17.8 Å². The van der Waals surface area contributed by atoms with Crippen molar-refractivity contribution in [3.63, 3.8) is 0 Å². The second-order valence-corrected chi connectivity index (χ2v) is 5.51. The second kappa shape index (κ2) is 9.23. The monoisotopic (exact) mass is 316 g/mol. The number of hydrogen-bond acceptors (Lipinski definition) is 2. The summed E-state index contributed by atoms with van der Waals surface area (Å²) in [6, 6.07) is 17.9. The van der Waals surface area contributed by atoms with Crippen LogP contribution in [0.3, 0.4) is 0 Å². The first-order valence-corrected chi connectivity index (χ1v) is 7.88. The molecule has 0 aliphatic heterocycles. The first-order valence-electron chi connectivity index (χ1n) is 7.50. The van der Waals surface area contributed by atoms with Crippen molar-refractivity contribution >= 4 is 17.5 Å². The molecular weight excluding hydrogens is 296 g/mol. The Morgan fingerprint density at radius 2 is 1.68 bits per heavy atom. The smallest absolute Gasteiger partial charge is 0.221 e. The van der Waals surface area contributed by atoms with Gasteiger partial charge in [0.15, 0.2) is 0 Å². The van der Waals surface area contributed by atoms with Crippen molar-refractivity contribution in [2.45, 2.75) is 19.4 Å². The highest BCUT2D eigenvalue weighted by Gasteiger charge is 2.03. The van der Waals surface area contributed by atoms with Crippen LogP contribution in [0, 0.1) is 0 Å². The highest BCUT2D eigenvalue weighted by Crippen LogP contribution is 2.14. The van der Waals surface area contributed by atoms with E-state index in [1.165, 1.54) is 5.56 Å². The van der Waals surface area contributed by atoms with Gasteiger partial charge in [-0.3, -0.25) is 4.79 Å². The Bertz CT molecular complexity index is 587. The van der Waals surface area contributed by atoms with Crippen LogP contribution in [0.15, 0.2) is 54.6 Å². The lowest BCUT2D eigenvalue weighted by molar-refractivity contribution is -0.121. The molecule has 0 spiro atoms. The molecule has 116 valence electrons. The van der Waals surface area contributed by atoms with Crippen molar-refractivity contribution in [1.82, 2.24) is 10.6 Å². The first-order chi connectivity index (χ1) is 10.8. The second-order valence-electron chi connectivity index (χ2n) is 5.10. The fraction of sp³-hybridized carbons (Fsp3) is 0.278. The molecule has 0 aromatic heterocycles. The fourth-order valence-electron chi connectivity index (χ4n) is 2.13. The van der Waals surface area contributed by atoms with E-state index < -0.39 is 0 Å². The summed E-state index contributed by atoms with van der Waals surface area (Å²) in [5.41, 5.74) is 2.24. The van der Waals surface area contributed by atoms with E-state index in [0.717, 1.165) is 18.5 Å². The standard InChI is InChI=1S/C18H21ClN2O/c19-17-9-5-4-8-16(17)14-21-18(22)11-13-20-12-10-15-6-2-1-3-7-15/h1-9,20H,10-14H2,(H,21,22). The van der Waals surface area contributed by atoms with Crippen LogP contribution in [0.5, 0.6) is 0 Å². The predicted molar refractivity (Wildman–Crippen MR) is 90.9 cm³/mol. The maximum absolute atomic E-state index is 11.8. The molecule has 0 radical (unpaired) electrons. The van der Waals surface area contributed by atoms with Crippen molar-refractivity contribution in [3.8, 4) is 0 Å². The summed E-state index contributed by atoms with van der Waals surface area (Å²) in [6.45, 7) is 2.03. The summed E-state index contributed by atoms with van der Waals surface area (Å²) >= 11 is 6.05. The number of nitrogens with one attached hydrogen (secondary N) is 2. The molecule has 1 amide bonds. The topological polar surface area (TPSA) is 41.1 Å². The van der Waals surface area contributed by atoms with Crippen LogP contribution in [0.1, 0.15) is 17.5 Å². The van der Waals surface area contributed by atoms with E-state index in [9.17, 15) is 4.79 Å². The van der Waals surface area contributed by atoms with Crippen molar-refractivity contribution in [2.24, 2.45) is 0 Å². The molecule has 0 fully saturated rings. The fourth-order valence-corrected chi connectivity index (χ4v) is 2.33. The van der Waals surface area contributed by atoms with E-state index in [4.69, 9.17) is 11.6 Å². The Labute approximate surface area is 136 Å². The lowest BCUT2D eigenvalue weighted by atomic mass is 10.1. The Balaban J connectivity index is 1.57. The average Bonchev–Trinajstić information content (AvgIpc) is 2.55. The minimum Gasteiger partial charge on any atom is -0.352 e. The Morgan fingerprint density at radius 3 is 2.45 bits per heavy atom. The molecule has 2 aromatic rings. The molecular formula is C18H21ClN2O. The van der Waals surface area contributed by atoms with Gasteiger partial charge < -0.3 is 10.6 Å². The zero-order valence-corrected chi connectivity index (χ0v) is 13.3. The molecule has 22 heavy (non-hydrogen) atoms. The van der Waals surface area contributed by atoms with Gasteiger partial charge in [0.05, 0.1) is 0 Å². The highest BCUT2D eigenvalue weighted by atomic mass is 35.5. The summed E-state index contributed by atoms with van der Waals surface area (Å²) in [4.78, 5) is 11.8. The first kappa shape index (κ1) is 16.5. The highest BCUT2D eigenvalue weighted by molar-refractivity contribution is 6.31. The molecule has 0 saturated carbocycles. The van der Waals surface area contributed by atoms with Gasteiger partial charge in [-0.1, -0.05) is 60.1 Å². The van der Waals surface area contributed by atoms with Gasteiger partial charge in [-0.05, 0) is 30.2 Å². The average molecular weight is 317 g/mol. The summed E-state index contributed by atoms with van der Waals surface area (Å²) in [5.74, 6) is 0.0344.